The topological polar surface area (TPSA) is 67.2 Å². The molecule has 2 aromatic rings. The van der Waals surface area contributed by atoms with Crippen LogP contribution in [-0.2, 0) is 0 Å². The molecule has 0 radical (unpaired) electrons. The van der Waals surface area contributed by atoms with E-state index in [1.54, 1.807) is 25.1 Å². The summed E-state index contributed by atoms with van der Waals surface area (Å²) in [5.41, 5.74) is 0.156. The molecule has 0 unspecified atom stereocenters. The molecule has 0 amide bonds. The fraction of sp³-hybridized carbons (Fsp3) is 0.100. The van der Waals surface area contributed by atoms with Crippen molar-refractivity contribution in [1.82, 2.24) is 9.78 Å². The molecule has 1 aromatic carbocycles. The van der Waals surface area contributed by atoms with Gasteiger partial charge in [-0.25, -0.2) is 4.68 Å². The molecular formula is C10H7Cl2N3O2. The van der Waals surface area contributed by atoms with E-state index >= 15 is 0 Å². The van der Waals surface area contributed by atoms with Crippen molar-refractivity contribution in [2.45, 2.75) is 6.92 Å². The van der Waals surface area contributed by atoms with Gasteiger partial charge in [-0.1, -0.05) is 23.2 Å². The summed E-state index contributed by atoms with van der Waals surface area (Å²) in [6.45, 7) is 1.58. The van der Waals surface area contributed by atoms with Gasteiger partial charge in [-0.3, -0.25) is 9.89 Å². The van der Waals surface area contributed by atoms with E-state index in [4.69, 9.17) is 23.2 Å². The molecule has 1 N–H and O–H groups in total. The van der Waals surface area contributed by atoms with Crippen molar-refractivity contribution in [3.05, 3.63) is 49.2 Å². The molecule has 7 heteroatoms. The third-order valence-corrected chi connectivity index (χ3v) is 2.67. The Morgan fingerprint density at radius 2 is 1.82 bits per heavy atom. The average molecular weight is 272 g/mol. The number of aromatic nitrogens is 2. The third-order valence-electron chi connectivity index (χ3n) is 2.24. The Labute approximate surface area is 106 Å². The van der Waals surface area contributed by atoms with E-state index in [1.165, 1.54) is 4.68 Å². The molecule has 88 valence electrons. The highest BCUT2D eigenvalue weighted by Gasteiger charge is 2.13. The van der Waals surface area contributed by atoms with Crippen molar-refractivity contribution >= 4 is 28.9 Å². The first-order chi connectivity index (χ1) is 8.02. The fourth-order valence-corrected chi connectivity index (χ4v) is 2.01. The zero-order valence-electron chi connectivity index (χ0n) is 8.70. The lowest BCUT2D eigenvalue weighted by Gasteiger charge is -2.02. The third kappa shape index (κ3) is 2.11. The van der Waals surface area contributed by atoms with Crippen LogP contribution in [0.3, 0.4) is 0 Å². The van der Waals surface area contributed by atoms with E-state index < -0.39 is 5.56 Å². The van der Waals surface area contributed by atoms with Crippen molar-refractivity contribution in [3.8, 4) is 5.69 Å². The van der Waals surface area contributed by atoms with Gasteiger partial charge in [-0.2, -0.15) is 0 Å². The molecule has 0 atom stereocenters. The highest BCUT2D eigenvalue weighted by atomic mass is 35.5. The van der Waals surface area contributed by atoms with E-state index in [9.17, 15) is 9.70 Å². The Bertz CT molecular complexity index is 625. The number of halogens is 2. The maximum absolute atomic E-state index is 11.8. The van der Waals surface area contributed by atoms with Crippen molar-refractivity contribution < 1.29 is 0 Å². The molecule has 17 heavy (non-hydrogen) atoms. The second kappa shape index (κ2) is 4.35. The summed E-state index contributed by atoms with van der Waals surface area (Å²) in [5.74, 6) is 0. The molecule has 5 nitrogen and oxygen atoms in total. The standard InChI is InChI=1S/C10H7Cl2N3O2/c1-5-9(14-17)10(16)15(13-5)8-3-6(11)2-7(12)4-8/h2-4,13H,1H3. The molecule has 1 heterocycles. The Hall–Kier alpha value is -1.59. The largest absolute Gasteiger partial charge is 0.301 e. The molecule has 0 bridgehead atoms. The normalized spacial score (nSPS) is 10.5. The second-order valence-electron chi connectivity index (χ2n) is 3.44. The summed E-state index contributed by atoms with van der Waals surface area (Å²) < 4.78 is 1.17. The Kier molecular flexibility index (Phi) is 3.04. The van der Waals surface area contributed by atoms with Crippen LogP contribution in [0.4, 0.5) is 5.69 Å². The van der Waals surface area contributed by atoms with Crippen LogP contribution in [-0.4, -0.2) is 9.78 Å². The highest BCUT2D eigenvalue weighted by molar-refractivity contribution is 6.34. The maximum atomic E-state index is 11.8. The van der Waals surface area contributed by atoms with Gasteiger partial charge in [0.2, 0.25) is 0 Å². The van der Waals surface area contributed by atoms with E-state index in [0.717, 1.165) is 0 Å². The summed E-state index contributed by atoms with van der Waals surface area (Å²) in [6, 6.07) is 4.66. The molecule has 1 aromatic heterocycles. The maximum Gasteiger partial charge on any atom is 0.301 e. The molecule has 0 aliphatic rings. The Morgan fingerprint density at radius 3 is 2.29 bits per heavy atom. The van der Waals surface area contributed by atoms with Crippen LogP contribution < -0.4 is 5.56 Å². The van der Waals surface area contributed by atoms with Gasteiger partial charge in [0.15, 0.2) is 5.69 Å². The SMILES string of the molecule is Cc1[nH]n(-c2cc(Cl)cc(Cl)c2)c(=O)c1N=O. The van der Waals surface area contributed by atoms with Gasteiger partial charge in [0.1, 0.15) is 0 Å². The second-order valence-corrected chi connectivity index (χ2v) is 4.32. The predicted molar refractivity (Wildman–Crippen MR) is 66.6 cm³/mol. The summed E-state index contributed by atoms with van der Waals surface area (Å²) in [7, 11) is 0. The summed E-state index contributed by atoms with van der Waals surface area (Å²) in [5, 5.41) is 6.20. The molecule has 0 fully saturated rings. The predicted octanol–water partition coefficient (Wildman–Crippen LogP) is 3.18. The number of nitroso groups, excluding NO2 is 1. The molecule has 0 saturated carbocycles. The highest BCUT2D eigenvalue weighted by Crippen LogP contribution is 2.21. The van der Waals surface area contributed by atoms with E-state index in [2.05, 4.69) is 10.3 Å². The molecule has 2 rings (SSSR count). The van der Waals surface area contributed by atoms with Crippen LogP contribution in [0.5, 0.6) is 0 Å². The summed E-state index contributed by atoms with van der Waals surface area (Å²) >= 11 is 11.7. The Balaban J connectivity index is 2.69. The number of aromatic amines is 1. The Morgan fingerprint density at radius 1 is 1.24 bits per heavy atom. The lowest BCUT2D eigenvalue weighted by molar-refractivity contribution is 0.835. The minimum Gasteiger partial charge on any atom is -0.293 e. The zero-order chi connectivity index (χ0) is 12.6. The number of hydrogen-bond acceptors (Lipinski definition) is 3. The molecule has 0 aliphatic heterocycles. The molecule has 0 aliphatic carbocycles. The smallest absolute Gasteiger partial charge is 0.293 e. The van der Waals surface area contributed by atoms with E-state index in [0.29, 0.717) is 21.4 Å². The van der Waals surface area contributed by atoms with Crippen LogP contribution in [0.25, 0.3) is 5.69 Å². The molecule has 0 saturated heterocycles. The number of hydrogen-bond donors (Lipinski definition) is 1. The van der Waals surface area contributed by atoms with Crippen LogP contribution in [0.2, 0.25) is 10.0 Å². The van der Waals surface area contributed by atoms with Crippen LogP contribution in [0.15, 0.2) is 28.2 Å². The minimum absolute atomic E-state index is 0.152. The van der Waals surface area contributed by atoms with Crippen molar-refractivity contribution in [2.75, 3.05) is 0 Å². The number of nitrogens with one attached hydrogen (secondary N) is 1. The van der Waals surface area contributed by atoms with Gasteiger partial charge in [0, 0.05) is 10.0 Å². The van der Waals surface area contributed by atoms with Gasteiger partial charge >= 0.3 is 5.56 Å². The number of H-pyrrole nitrogens is 1. The molecular weight excluding hydrogens is 265 g/mol. The van der Waals surface area contributed by atoms with Gasteiger partial charge in [-0.05, 0) is 30.3 Å². The van der Waals surface area contributed by atoms with E-state index in [1.807, 2.05) is 0 Å². The van der Waals surface area contributed by atoms with Crippen molar-refractivity contribution in [1.29, 1.82) is 0 Å². The first-order valence-corrected chi connectivity index (χ1v) is 5.40. The lowest BCUT2D eigenvalue weighted by Crippen LogP contribution is -2.13. The van der Waals surface area contributed by atoms with Gasteiger partial charge in [0.25, 0.3) is 0 Å². The number of aryl methyl sites for hydroxylation is 1. The minimum atomic E-state index is -0.532. The van der Waals surface area contributed by atoms with Crippen LogP contribution in [0.1, 0.15) is 5.69 Å². The number of nitrogens with zero attached hydrogens (tertiary/aromatic N) is 2. The molecule has 0 spiro atoms. The monoisotopic (exact) mass is 271 g/mol. The van der Waals surface area contributed by atoms with Crippen LogP contribution in [0, 0.1) is 11.8 Å². The van der Waals surface area contributed by atoms with Gasteiger partial charge in [0.05, 0.1) is 11.4 Å². The summed E-state index contributed by atoms with van der Waals surface area (Å²) in [6.07, 6.45) is 0. The van der Waals surface area contributed by atoms with Gasteiger partial charge < -0.3 is 0 Å². The quantitative estimate of drug-likeness (QED) is 0.853. The zero-order valence-corrected chi connectivity index (χ0v) is 10.2. The first kappa shape index (κ1) is 11.9. The fourth-order valence-electron chi connectivity index (χ4n) is 1.50. The van der Waals surface area contributed by atoms with Crippen molar-refractivity contribution in [3.63, 3.8) is 0 Å². The first-order valence-electron chi connectivity index (χ1n) is 4.64. The van der Waals surface area contributed by atoms with Crippen molar-refractivity contribution in [2.24, 2.45) is 5.18 Å². The number of rotatable bonds is 2. The van der Waals surface area contributed by atoms with Gasteiger partial charge in [-0.15, -0.1) is 4.91 Å². The number of benzene rings is 1. The van der Waals surface area contributed by atoms with E-state index in [-0.39, 0.29) is 5.69 Å². The average Bonchev–Trinajstić information content (AvgIpc) is 2.52. The van der Waals surface area contributed by atoms with Crippen LogP contribution >= 0.6 is 23.2 Å². The summed E-state index contributed by atoms with van der Waals surface area (Å²) in [4.78, 5) is 22.3. The lowest BCUT2D eigenvalue weighted by atomic mass is 10.3.